The zero-order chi connectivity index (χ0) is 15.9. The number of rotatable bonds is 8. The van der Waals surface area contributed by atoms with Gasteiger partial charge in [-0.2, -0.15) is 0 Å². The number of ether oxygens (including phenoxy) is 1. The average Bonchev–Trinajstić information content (AvgIpc) is 2.41. The van der Waals surface area contributed by atoms with Gasteiger partial charge in [0.2, 0.25) is 15.9 Å². The van der Waals surface area contributed by atoms with Crippen LogP contribution in [0.25, 0.3) is 0 Å². The zero-order valence-electron chi connectivity index (χ0n) is 12.0. The third-order valence-corrected chi connectivity index (χ3v) is 4.32. The van der Waals surface area contributed by atoms with Gasteiger partial charge in [-0.25, -0.2) is 8.42 Å². The molecule has 21 heavy (non-hydrogen) atoms. The van der Waals surface area contributed by atoms with Gasteiger partial charge in [-0.05, 0) is 30.7 Å². The van der Waals surface area contributed by atoms with Gasteiger partial charge in [0.1, 0.15) is 6.54 Å². The van der Waals surface area contributed by atoms with Crippen molar-refractivity contribution in [2.75, 3.05) is 37.4 Å². The molecule has 0 aromatic heterocycles. The second-order valence-corrected chi connectivity index (χ2v) is 7.26. The lowest BCUT2D eigenvalue weighted by Gasteiger charge is -2.21. The van der Waals surface area contributed by atoms with Gasteiger partial charge >= 0.3 is 0 Å². The Labute approximate surface area is 133 Å². The van der Waals surface area contributed by atoms with Gasteiger partial charge in [0.25, 0.3) is 0 Å². The molecule has 1 rings (SSSR count). The molecule has 0 radical (unpaired) electrons. The SMILES string of the molecule is COCCCNC(=O)CN(c1ccc(Br)cc1)S(C)(=O)=O. The van der Waals surface area contributed by atoms with Gasteiger partial charge in [0, 0.05) is 24.7 Å². The van der Waals surface area contributed by atoms with E-state index in [0.29, 0.717) is 25.3 Å². The summed E-state index contributed by atoms with van der Waals surface area (Å²) in [6, 6.07) is 6.74. The summed E-state index contributed by atoms with van der Waals surface area (Å²) in [5, 5.41) is 2.67. The maximum absolute atomic E-state index is 11.8. The number of nitrogens with zero attached hydrogens (tertiary/aromatic N) is 1. The minimum absolute atomic E-state index is 0.243. The fraction of sp³-hybridized carbons (Fsp3) is 0.462. The Balaban J connectivity index is 2.72. The third kappa shape index (κ3) is 6.45. The number of methoxy groups -OCH3 is 1. The van der Waals surface area contributed by atoms with Crippen molar-refractivity contribution >= 4 is 37.5 Å². The maximum Gasteiger partial charge on any atom is 0.240 e. The molecule has 0 aliphatic carbocycles. The molecule has 118 valence electrons. The van der Waals surface area contributed by atoms with E-state index < -0.39 is 10.0 Å². The van der Waals surface area contributed by atoms with Crippen LogP contribution in [-0.4, -0.2) is 47.4 Å². The van der Waals surface area contributed by atoms with Crippen molar-refractivity contribution in [3.63, 3.8) is 0 Å². The standard InChI is InChI=1S/C13H19BrN2O4S/c1-20-9-3-8-15-13(17)10-16(21(2,18)19)12-6-4-11(14)5-7-12/h4-7H,3,8-10H2,1-2H3,(H,15,17). The predicted molar refractivity (Wildman–Crippen MR) is 85.8 cm³/mol. The Morgan fingerprint density at radius 2 is 1.95 bits per heavy atom. The monoisotopic (exact) mass is 378 g/mol. The van der Waals surface area contributed by atoms with Gasteiger partial charge in [0.15, 0.2) is 0 Å². The molecule has 6 nitrogen and oxygen atoms in total. The van der Waals surface area contributed by atoms with E-state index in [1.807, 2.05) is 0 Å². The van der Waals surface area contributed by atoms with Crippen LogP contribution in [0.1, 0.15) is 6.42 Å². The summed E-state index contributed by atoms with van der Waals surface area (Å²) >= 11 is 3.29. The van der Waals surface area contributed by atoms with Crippen molar-refractivity contribution in [1.82, 2.24) is 5.32 Å². The van der Waals surface area contributed by atoms with Crippen molar-refractivity contribution in [3.8, 4) is 0 Å². The number of amides is 1. The minimum Gasteiger partial charge on any atom is -0.385 e. The Morgan fingerprint density at radius 1 is 1.33 bits per heavy atom. The Hall–Kier alpha value is -1.12. The maximum atomic E-state index is 11.8. The first-order valence-electron chi connectivity index (χ1n) is 6.33. The summed E-state index contributed by atoms with van der Waals surface area (Å²) in [6.45, 7) is 0.751. The summed E-state index contributed by atoms with van der Waals surface area (Å²) in [4.78, 5) is 11.8. The number of nitrogens with one attached hydrogen (secondary N) is 1. The molecular weight excluding hydrogens is 360 g/mol. The first-order chi connectivity index (χ1) is 9.84. The highest BCUT2D eigenvalue weighted by molar-refractivity contribution is 9.10. The molecule has 0 saturated heterocycles. The second kappa shape index (κ2) is 8.35. The lowest BCUT2D eigenvalue weighted by molar-refractivity contribution is -0.119. The van der Waals surface area contributed by atoms with E-state index in [2.05, 4.69) is 21.2 Å². The third-order valence-electron chi connectivity index (χ3n) is 2.65. The first-order valence-corrected chi connectivity index (χ1v) is 8.97. The Morgan fingerprint density at radius 3 is 2.48 bits per heavy atom. The molecule has 1 aromatic rings. The zero-order valence-corrected chi connectivity index (χ0v) is 14.4. The smallest absolute Gasteiger partial charge is 0.240 e. The minimum atomic E-state index is -3.53. The van der Waals surface area contributed by atoms with Gasteiger partial charge in [-0.15, -0.1) is 0 Å². The molecule has 0 atom stereocenters. The van der Waals surface area contributed by atoms with E-state index in [0.717, 1.165) is 15.0 Å². The van der Waals surface area contributed by atoms with Crippen LogP contribution >= 0.6 is 15.9 Å². The van der Waals surface area contributed by atoms with Crippen LogP contribution in [-0.2, 0) is 19.6 Å². The van der Waals surface area contributed by atoms with Gasteiger partial charge < -0.3 is 10.1 Å². The van der Waals surface area contributed by atoms with E-state index in [1.165, 1.54) is 0 Å². The predicted octanol–water partition coefficient (Wildman–Crippen LogP) is 1.37. The van der Waals surface area contributed by atoms with E-state index in [4.69, 9.17) is 4.74 Å². The largest absolute Gasteiger partial charge is 0.385 e. The molecule has 0 spiro atoms. The van der Waals surface area contributed by atoms with Crippen molar-refractivity contribution in [2.24, 2.45) is 0 Å². The van der Waals surface area contributed by atoms with Crippen molar-refractivity contribution < 1.29 is 17.9 Å². The van der Waals surface area contributed by atoms with Crippen LogP contribution in [0.2, 0.25) is 0 Å². The van der Waals surface area contributed by atoms with Crippen LogP contribution in [0.4, 0.5) is 5.69 Å². The number of hydrogen-bond acceptors (Lipinski definition) is 4. The van der Waals surface area contributed by atoms with E-state index in [9.17, 15) is 13.2 Å². The molecular formula is C13H19BrN2O4S. The molecule has 0 aliphatic heterocycles. The van der Waals surface area contributed by atoms with Crippen LogP contribution in [0.5, 0.6) is 0 Å². The number of benzene rings is 1. The molecule has 0 fully saturated rings. The van der Waals surface area contributed by atoms with Gasteiger partial charge in [-0.3, -0.25) is 9.10 Å². The summed E-state index contributed by atoms with van der Waals surface area (Å²) in [6.07, 6.45) is 1.76. The van der Waals surface area contributed by atoms with Crippen LogP contribution in [0, 0.1) is 0 Å². The van der Waals surface area contributed by atoms with E-state index in [1.54, 1.807) is 31.4 Å². The Bertz CT molecular complexity index is 560. The number of carbonyl (C=O) groups is 1. The second-order valence-electron chi connectivity index (χ2n) is 4.44. The van der Waals surface area contributed by atoms with Crippen molar-refractivity contribution in [1.29, 1.82) is 0 Å². The summed E-state index contributed by atoms with van der Waals surface area (Å²) < 4.78 is 30.5. The number of sulfonamides is 1. The topological polar surface area (TPSA) is 75.7 Å². The first kappa shape index (κ1) is 17.9. The van der Waals surface area contributed by atoms with Crippen molar-refractivity contribution in [2.45, 2.75) is 6.42 Å². The van der Waals surface area contributed by atoms with Crippen LogP contribution < -0.4 is 9.62 Å². The molecule has 0 bridgehead atoms. The molecule has 0 aliphatic rings. The molecule has 8 heteroatoms. The molecule has 0 saturated carbocycles. The average molecular weight is 379 g/mol. The molecule has 1 aromatic carbocycles. The summed E-state index contributed by atoms with van der Waals surface area (Å²) in [7, 11) is -1.94. The normalized spacial score (nSPS) is 11.2. The number of anilines is 1. The molecule has 1 amide bonds. The van der Waals surface area contributed by atoms with E-state index >= 15 is 0 Å². The Kier molecular flexibility index (Phi) is 7.13. The lowest BCUT2D eigenvalue weighted by Crippen LogP contribution is -2.40. The van der Waals surface area contributed by atoms with Crippen LogP contribution in [0.3, 0.4) is 0 Å². The molecule has 1 N–H and O–H groups in total. The number of halogens is 1. The highest BCUT2D eigenvalue weighted by Crippen LogP contribution is 2.20. The fourth-order valence-electron chi connectivity index (χ4n) is 1.64. The van der Waals surface area contributed by atoms with Gasteiger partial charge in [-0.1, -0.05) is 15.9 Å². The lowest BCUT2D eigenvalue weighted by atomic mass is 10.3. The highest BCUT2D eigenvalue weighted by atomic mass is 79.9. The number of carbonyl (C=O) groups excluding carboxylic acids is 1. The summed E-state index contributed by atoms with van der Waals surface area (Å²) in [5.74, 6) is -0.348. The van der Waals surface area contributed by atoms with Crippen molar-refractivity contribution in [3.05, 3.63) is 28.7 Å². The molecule has 0 heterocycles. The van der Waals surface area contributed by atoms with E-state index in [-0.39, 0.29) is 12.5 Å². The quantitative estimate of drug-likeness (QED) is 0.693. The number of hydrogen-bond donors (Lipinski definition) is 1. The van der Waals surface area contributed by atoms with Gasteiger partial charge in [0.05, 0.1) is 11.9 Å². The highest BCUT2D eigenvalue weighted by Gasteiger charge is 2.20. The fourth-order valence-corrected chi connectivity index (χ4v) is 2.76. The summed E-state index contributed by atoms with van der Waals surface area (Å²) in [5.41, 5.74) is 0.452. The van der Waals surface area contributed by atoms with Crippen LogP contribution in [0.15, 0.2) is 28.7 Å². The molecule has 0 unspecified atom stereocenters.